The summed E-state index contributed by atoms with van der Waals surface area (Å²) in [5, 5.41) is 0.661. The fraction of sp³-hybridized carbons (Fsp3) is 0.312. The van der Waals surface area contributed by atoms with Crippen LogP contribution in [0.3, 0.4) is 0 Å². The molecule has 2 aromatic rings. The monoisotopic (exact) mass is 287 g/mol. The summed E-state index contributed by atoms with van der Waals surface area (Å²) in [6.45, 7) is 2.56. The number of nitrogen functional groups attached to an aromatic ring is 1. The molecule has 20 heavy (non-hydrogen) atoms. The van der Waals surface area contributed by atoms with E-state index in [1.54, 1.807) is 11.3 Å². The number of fused-ring (bicyclic) bond motifs is 1. The second kappa shape index (κ2) is 5.29. The van der Waals surface area contributed by atoms with E-state index in [0.29, 0.717) is 17.2 Å². The summed E-state index contributed by atoms with van der Waals surface area (Å²) in [4.78, 5) is 13.9. The van der Waals surface area contributed by atoms with Crippen molar-refractivity contribution in [2.45, 2.75) is 26.2 Å². The van der Waals surface area contributed by atoms with Crippen molar-refractivity contribution in [2.24, 2.45) is 0 Å². The molecule has 1 heterocycles. The molecule has 2 N–H and O–H groups in total. The van der Waals surface area contributed by atoms with Crippen molar-refractivity contribution in [1.82, 2.24) is 0 Å². The number of thiophene rings is 1. The minimum Gasteiger partial charge on any atom is -0.494 e. The first-order valence-electron chi connectivity index (χ1n) is 6.88. The first-order valence-corrected chi connectivity index (χ1v) is 7.70. The number of hydrogen-bond acceptors (Lipinski definition) is 4. The molecule has 104 valence electrons. The van der Waals surface area contributed by atoms with Gasteiger partial charge in [0, 0.05) is 10.4 Å². The first-order chi connectivity index (χ1) is 9.70. The Labute approximate surface area is 122 Å². The molecule has 1 aromatic carbocycles. The number of aryl methyl sites for hydroxylation is 1. The van der Waals surface area contributed by atoms with Gasteiger partial charge in [0.2, 0.25) is 0 Å². The molecule has 3 rings (SSSR count). The number of nitrogens with two attached hydrogens (primary N) is 1. The van der Waals surface area contributed by atoms with E-state index in [9.17, 15) is 4.79 Å². The molecule has 0 saturated carbocycles. The van der Waals surface area contributed by atoms with Gasteiger partial charge in [0.25, 0.3) is 0 Å². The van der Waals surface area contributed by atoms with Crippen LogP contribution >= 0.6 is 11.3 Å². The molecular formula is C16H17NO2S. The highest BCUT2D eigenvalue weighted by atomic mass is 32.1. The van der Waals surface area contributed by atoms with Gasteiger partial charge in [-0.2, -0.15) is 0 Å². The smallest absolute Gasteiger partial charge is 0.196 e. The number of benzene rings is 1. The van der Waals surface area contributed by atoms with E-state index in [-0.39, 0.29) is 5.78 Å². The summed E-state index contributed by atoms with van der Waals surface area (Å²) in [5.74, 6) is 0.817. The summed E-state index contributed by atoms with van der Waals surface area (Å²) in [5.41, 5.74) is 8.62. The first kappa shape index (κ1) is 13.2. The zero-order chi connectivity index (χ0) is 14.1. The highest BCUT2D eigenvalue weighted by Gasteiger charge is 2.25. The topological polar surface area (TPSA) is 52.3 Å². The van der Waals surface area contributed by atoms with Crippen molar-refractivity contribution in [3.63, 3.8) is 0 Å². The zero-order valence-electron chi connectivity index (χ0n) is 11.4. The van der Waals surface area contributed by atoms with E-state index in [1.807, 2.05) is 31.2 Å². The van der Waals surface area contributed by atoms with Crippen LogP contribution in [-0.2, 0) is 12.8 Å². The highest BCUT2D eigenvalue weighted by molar-refractivity contribution is 7.16. The Bertz CT molecular complexity index is 643. The average molecular weight is 287 g/mol. The largest absolute Gasteiger partial charge is 0.494 e. The van der Waals surface area contributed by atoms with Crippen molar-refractivity contribution in [2.75, 3.05) is 12.3 Å². The van der Waals surface area contributed by atoms with Gasteiger partial charge in [0.1, 0.15) is 5.75 Å². The fourth-order valence-electron chi connectivity index (χ4n) is 2.69. The van der Waals surface area contributed by atoms with Crippen LogP contribution < -0.4 is 10.5 Å². The molecule has 0 atom stereocenters. The van der Waals surface area contributed by atoms with E-state index < -0.39 is 0 Å². The standard InChI is InChI=1S/C16H17NO2S/c1-2-19-11-8-6-10(7-9-11)15(18)14-12-4-3-5-13(12)20-16(14)17/h6-9H,2-5,17H2,1H3. The summed E-state index contributed by atoms with van der Waals surface area (Å²) in [7, 11) is 0. The molecule has 0 saturated heterocycles. The molecule has 0 aliphatic heterocycles. The highest BCUT2D eigenvalue weighted by Crippen LogP contribution is 2.38. The molecule has 0 spiro atoms. The van der Waals surface area contributed by atoms with E-state index in [1.165, 1.54) is 10.4 Å². The van der Waals surface area contributed by atoms with Crippen LogP contribution in [0.25, 0.3) is 0 Å². The molecule has 1 aromatic heterocycles. The van der Waals surface area contributed by atoms with Crippen LogP contribution in [0.15, 0.2) is 24.3 Å². The van der Waals surface area contributed by atoms with Crippen molar-refractivity contribution < 1.29 is 9.53 Å². The number of carbonyl (C=O) groups is 1. The Morgan fingerprint density at radius 3 is 2.75 bits per heavy atom. The van der Waals surface area contributed by atoms with Crippen LogP contribution in [0.4, 0.5) is 5.00 Å². The van der Waals surface area contributed by atoms with Crippen LogP contribution in [0, 0.1) is 0 Å². The predicted octanol–water partition coefficient (Wildman–Crippen LogP) is 3.45. The molecule has 0 amide bonds. The second-order valence-corrected chi connectivity index (χ2v) is 6.02. The van der Waals surface area contributed by atoms with Gasteiger partial charge >= 0.3 is 0 Å². The third kappa shape index (κ3) is 2.20. The molecule has 1 aliphatic rings. The number of anilines is 1. The summed E-state index contributed by atoms with van der Waals surface area (Å²) in [6.07, 6.45) is 3.16. The van der Waals surface area contributed by atoms with E-state index in [0.717, 1.165) is 30.6 Å². The lowest BCUT2D eigenvalue weighted by atomic mass is 10.0. The van der Waals surface area contributed by atoms with Gasteiger partial charge < -0.3 is 10.5 Å². The number of ketones is 1. The summed E-state index contributed by atoms with van der Waals surface area (Å²) < 4.78 is 5.40. The molecule has 0 radical (unpaired) electrons. The van der Waals surface area contributed by atoms with Gasteiger partial charge in [-0.3, -0.25) is 4.79 Å². The molecule has 0 unspecified atom stereocenters. The Morgan fingerprint density at radius 2 is 2.05 bits per heavy atom. The van der Waals surface area contributed by atoms with E-state index >= 15 is 0 Å². The average Bonchev–Trinajstić information content (AvgIpc) is 2.99. The number of carbonyl (C=O) groups excluding carboxylic acids is 1. The molecule has 1 aliphatic carbocycles. The fourth-order valence-corrected chi connectivity index (χ4v) is 3.85. The van der Waals surface area contributed by atoms with Crippen molar-refractivity contribution in [1.29, 1.82) is 0 Å². The number of ether oxygens (including phenoxy) is 1. The molecule has 3 nitrogen and oxygen atoms in total. The van der Waals surface area contributed by atoms with Gasteiger partial charge in [-0.25, -0.2) is 0 Å². The number of rotatable bonds is 4. The predicted molar refractivity (Wildman–Crippen MR) is 81.8 cm³/mol. The van der Waals surface area contributed by atoms with Crippen LogP contribution in [0.2, 0.25) is 0 Å². The maximum atomic E-state index is 12.6. The maximum Gasteiger partial charge on any atom is 0.196 e. The third-order valence-electron chi connectivity index (χ3n) is 3.60. The quantitative estimate of drug-likeness (QED) is 0.876. The van der Waals surface area contributed by atoms with Gasteiger partial charge in [-0.05, 0) is 56.0 Å². The van der Waals surface area contributed by atoms with Crippen LogP contribution in [-0.4, -0.2) is 12.4 Å². The van der Waals surface area contributed by atoms with E-state index in [2.05, 4.69) is 0 Å². The zero-order valence-corrected chi connectivity index (χ0v) is 12.3. The van der Waals surface area contributed by atoms with Crippen molar-refractivity contribution in [3.05, 3.63) is 45.8 Å². The Kier molecular flexibility index (Phi) is 3.49. The lowest BCUT2D eigenvalue weighted by Gasteiger charge is -2.06. The Morgan fingerprint density at radius 1 is 1.30 bits per heavy atom. The van der Waals surface area contributed by atoms with Gasteiger partial charge in [-0.1, -0.05) is 0 Å². The van der Waals surface area contributed by atoms with Gasteiger partial charge in [-0.15, -0.1) is 11.3 Å². The van der Waals surface area contributed by atoms with Gasteiger partial charge in [0.05, 0.1) is 17.2 Å². The van der Waals surface area contributed by atoms with E-state index in [4.69, 9.17) is 10.5 Å². The SMILES string of the molecule is CCOc1ccc(C(=O)c2c(N)sc3c2CCC3)cc1. The van der Waals surface area contributed by atoms with Crippen molar-refractivity contribution >= 4 is 22.1 Å². The molecular weight excluding hydrogens is 270 g/mol. The Hall–Kier alpha value is -1.81. The van der Waals surface area contributed by atoms with Gasteiger partial charge in [0.15, 0.2) is 5.78 Å². The van der Waals surface area contributed by atoms with Crippen LogP contribution in [0.5, 0.6) is 5.75 Å². The Balaban J connectivity index is 1.93. The minimum atomic E-state index is 0.0324. The third-order valence-corrected chi connectivity index (χ3v) is 4.72. The van der Waals surface area contributed by atoms with Crippen LogP contribution in [0.1, 0.15) is 39.7 Å². The second-order valence-electron chi connectivity index (χ2n) is 4.88. The van der Waals surface area contributed by atoms with Crippen molar-refractivity contribution in [3.8, 4) is 5.75 Å². The molecule has 0 bridgehead atoms. The summed E-state index contributed by atoms with van der Waals surface area (Å²) in [6, 6.07) is 7.29. The lowest BCUT2D eigenvalue weighted by molar-refractivity contribution is 0.103. The number of hydrogen-bond donors (Lipinski definition) is 1. The minimum absolute atomic E-state index is 0.0324. The molecule has 4 heteroatoms. The molecule has 0 fully saturated rings. The summed E-state index contributed by atoms with van der Waals surface area (Å²) >= 11 is 1.57. The lowest BCUT2D eigenvalue weighted by Crippen LogP contribution is -2.05. The normalized spacial score (nSPS) is 13.2. The maximum absolute atomic E-state index is 12.6.